The topological polar surface area (TPSA) is 103 Å². The van der Waals surface area contributed by atoms with E-state index in [0.29, 0.717) is 40.9 Å². The number of halogens is 1. The zero-order chi connectivity index (χ0) is 25.2. The summed E-state index contributed by atoms with van der Waals surface area (Å²) in [6, 6.07) is 14.8. The van der Waals surface area contributed by atoms with Gasteiger partial charge in [0.2, 0.25) is 0 Å². The molecule has 1 amide bonds. The molecule has 0 spiro atoms. The minimum atomic E-state index is -4.04. The van der Waals surface area contributed by atoms with Crippen molar-refractivity contribution < 1.29 is 17.9 Å². The third-order valence-corrected chi connectivity index (χ3v) is 7.10. The highest BCUT2D eigenvalue weighted by Gasteiger charge is 2.21. The number of benzene rings is 2. The molecule has 8 nitrogen and oxygen atoms in total. The van der Waals surface area contributed by atoms with Gasteiger partial charge in [0.1, 0.15) is 22.8 Å². The summed E-state index contributed by atoms with van der Waals surface area (Å²) in [5, 5.41) is 0.540. The van der Waals surface area contributed by atoms with Gasteiger partial charge in [0.25, 0.3) is 15.9 Å². The molecule has 1 N–H and O–H groups in total. The van der Waals surface area contributed by atoms with E-state index in [0.717, 1.165) is 17.5 Å². The number of fused-ring (bicyclic) bond motifs is 1. The molecule has 2 aromatic carbocycles. The zero-order valence-corrected chi connectivity index (χ0v) is 21.2. The lowest BCUT2D eigenvalue weighted by Gasteiger charge is -2.11. The maximum Gasteiger partial charge on any atom is 0.283 e. The molecule has 2 heterocycles. The van der Waals surface area contributed by atoms with Crippen molar-refractivity contribution in [2.45, 2.75) is 38.6 Å². The molecule has 10 heteroatoms. The lowest BCUT2D eigenvalue weighted by Crippen LogP contribution is -2.31. The fourth-order valence-corrected chi connectivity index (χ4v) is 4.71. The Labute approximate surface area is 209 Å². The first-order valence-corrected chi connectivity index (χ1v) is 12.9. The Kier molecular flexibility index (Phi) is 7.09. The number of aromatic nitrogens is 3. The van der Waals surface area contributed by atoms with Crippen LogP contribution in [0.1, 0.15) is 40.8 Å². The van der Waals surface area contributed by atoms with E-state index < -0.39 is 15.9 Å². The number of sulfonamides is 1. The Morgan fingerprint density at radius 1 is 1.06 bits per heavy atom. The molecule has 4 aromatic rings. The summed E-state index contributed by atoms with van der Waals surface area (Å²) in [5.74, 6) is 0.549. The number of carbonyl (C=O) groups excluding carboxylic acids is 1. The van der Waals surface area contributed by atoms with Crippen LogP contribution in [0.5, 0.6) is 5.75 Å². The van der Waals surface area contributed by atoms with Crippen LogP contribution in [0.25, 0.3) is 11.2 Å². The van der Waals surface area contributed by atoms with Gasteiger partial charge in [-0.1, -0.05) is 42.3 Å². The smallest absolute Gasteiger partial charge is 0.283 e. The lowest BCUT2D eigenvalue weighted by molar-refractivity contribution is 0.0977. The largest absolute Gasteiger partial charge is 0.494 e. The molecule has 2 aromatic heterocycles. The Balaban J connectivity index is 1.61. The van der Waals surface area contributed by atoms with Crippen LogP contribution in [-0.4, -0.2) is 35.5 Å². The van der Waals surface area contributed by atoms with Gasteiger partial charge in [-0.15, -0.1) is 0 Å². The van der Waals surface area contributed by atoms with Gasteiger partial charge in [-0.3, -0.25) is 4.79 Å². The van der Waals surface area contributed by atoms with Gasteiger partial charge in [-0.05, 0) is 62.2 Å². The van der Waals surface area contributed by atoms with Crippen LogP contribution in [0, 0.1) is 13.8 Å². The maximum absolute atomic E-state index is 12.8. The number of carbonyl (C=O) groups is 1. The summed E-state index contributed by atoms with van der Waals surface area (Å²) in [5.41, 5.74) is 2.74. The number of amides is 1. The minimum absolute atomic E-state index is 0.000538. The van der Waals surface area contributed by atoms with Crippen molar-refractivity contribution in [3.05, 3.63) is 82.3 Å². The fraction of sp³-hybridized carbons (Fsp3) is 0.240. The first kappa shape index (κ1) is 24.7. The molecule has 182 valence electrons. The molecule has 0 radical (unpaired) electrons. The predicted octanol–water partition coefficient (Wildman–Crippen LogP) is 4.66. The van der Waals surface area contributed by atoms with E-state index in [-0.39, 0.29) is 10.6 Å². The molecule has 0 saturated carbocycles. The summed E-state index contributed by atoms with van der Waals surface area (Å²) in [7, 11) is -4.04. The van der Waals surface area contributed by atoms with E-state index >= 15 is 0 Å². The summed E-state index contributed by atoms with van der Waals surface area (Å²) in [4.78, 5) is 21.7. The highest BCUT2D eigenvalue weighted by molar-refractivity contribution is 7.90. The summed E-state index contributed by atoms with van der Waals surface area (Å²) >= 11 is 6.49. The first-order valence-electron chi connectivity index (χ1n) is 11.1. The van der Waals surface area contributed by atoms with Crippen molar-refractivity contribution in [2.24, 2.45) is 0 Å². The zero-order valence-electron chi connectivity index (χ0n) is 19.6. The SMILES string of the molecule is CCCOc1ccc(Cn2c(C)nc3ccc(C(=O)NS(=O)(=O)c4ccc(C)cc4)nc32)c(Cl)c1. The number of ether oxygens (including phenoxy) is 1. The molecular weight excluding hydrogens is 488 g/mol. The molecule has 0 atom stereocenters. The van der Waals surface area contributed by atoms with Gasteiger partial charge >= 0.3 is 0 Å². The molecule has 0 saturated heterocycles. The van der Waals surface area contributed by atoms with Gasteiger partial charge < -0.3 is 9.30 Å². The summed E-state index contributed by atoms with van der Waals surface area (Å²) in [6.45, 7) is 6.68. The predicted molar refractivity (Wildman–Crippen MR) is 134 cm³/mol. The van der Waals surface area contributed by atoms with Crippen molar-refractivity contribution in [3.63, 3.8) is 0 Å². The number of aryl methyl sites for hydroxylation is 2. The van der Waals surface area contributed by atoms with Crippen molar-refractivity contribution >= 4 is 38.7 Å². The number of rotatable bonds is 8. The van der Waals surface area contributed by atoms with Gasteiger partial charge in [0.05, 0.1) is 18.0 Å². The van der Waals surface area contributed by atoms with E-state index in [1.54, 1.807) is 24.3 Å². The fourth-order valence-electron chi connectivity index (χ4n) is 3.52. The Morgan fingerprint density at radius 2 is 1.80 bits per heavy atom. The average Bonchev–Trinajstić information content (AvgIpc) is 3.13. The Bertz CT molecular complexity index is 1500. The molecule has 35 heavy (non-hydrogen) atoms. The second-order valence-electron chi connectivity index (χ2n) is 8.13. The highest BCUT2D eigenvalue weighted by atomic mass is 35.5. The lowest BCUT2D eigenvalue weighted by atomic mass is 10.2. The van der Waals surface area contributed by atoms with Crippen LogP contribution < -0.4 is 9.46 Å². The third kappa shape index (κ3) is 5.47. The standard InChI is InChI=1S/C25H25ClN4O4S/c1-4-13-34-19-8-7-18(21(26)14-19)15-30-17(3)27-22-11-12-23(28-24(22)30)25(31)29-35(32,33)20-9-5-16(2)6-10-20/h5-12,14H,4,13,15H2,1-3H3,(H,29,31). The molecule has 0 bridgehead atoms. The van der Waals surface area contributed by atoms with Gasteiger partial charge in [0.15, 0.2) is 5.65 Å². The number of nitrogens with one attached hydrogen (secondary N) is 1. The van der Waals surface area contributed by atoms with Crippen LogP contribution in [0.2, 0.25) is 5.02 Å². The van der Waals surface area contributed by atoms with Crippen molar-refractivity contribution in [1.29, 1.82) is 0 Å². The Morgan fingerprint density at radius 3 is 2.49 bits per heavy atom. The van der Waals surface area contributed by atoms with E-state index in [1.165, 1.54) is 18.2 Å². The average molecular weight is 513 g/mol. The summed E-state index contributed by atoms with van der Waals surface area (Å²) in [6.07, 6.45) is 0.896. The van der Waals surface area contributed by atoms with Crippen molar-refractivity contribution in [3.8, 4) is 5.75 Å². The quantitative estimate of drug-likeness (QED) is 0.368. The number of imidazole rings is 1. The number of nitrogens with zero attached hydrogens (tertiary/aromatic N) is 3. The minimum Gasteiger partial charge on any atom is -0.494 e. The third-order valence-electron chi connectivity index (χ3n) is 5.40. The number of hydrogen-bond acceptors (Lipinski definition) is 6. The first-order chi connectivity index (χ1) is 16.7. The van der Waals surface area contributed by atoms with E-state index in [2.05, 4.69) is 14.7 Å². The van der Waals surface area contributed by atoms with Gasteiger partial charge in [0, 0.05) is 5.02 Å². The van der Waals surface area contributed by atoms with Gasteiger partial charge in [-0.2, -0.15) is 0 Å². The van der Waals surface area contributed by atoms with E-state index in [4.69, 9.17) is 16.3 Å². The molecule has 4 rings (SSSR count). The van der Waals surface area contributed by atoms with Crippen LogP contribution in [-0.2, 0) is 16.6 Å². The van der Waals surface area contributed by atoms with Crippen LogP contribution in [0.3, 0.4) is 0 Å². The van der Waals surface area contributed by atoms with Crippen LogP contribution in [0.4, 0.5) is 0 Å². The molecule has 0 fully saturated rings. The molecule has 0 aliphatic rings. The summed E-state index contributed by atoms with van der Waals surface area (Å²) < 4.78 is 34.8. The second kappa shape index (κ2) is 10.1. The van der Waals surface area contributed by atoms with Crippen molar-refractivity contribution in [1.82, 2.24) is 19.3 Å². The monoisotopic (exact) mass is 512 g/mol. The van der Waals surface area contributed by atoms with E-state index in [9.17, 15) is 13.2 Å². The Hall–Kier alpha value is -3.43. The second-order valence-corrected chi connectivity index (χ2v) is 10.2. The van der Waals surface area contributed by atoms with Crippen molar-refractivity contribution in [2.75, 3.05) is 6.61 Å². The maximum atomic E-state index is 12.8. The van der Waals surface area contributed by atoms with E-state index in [1.807, 2.05) is 37.5 Å². The number of pyridine rings is 1. The molecule has 0 aliphatic heterocycles. The molecule has 0 aliphatic carbocycles. The van der Waals surface area contributed by atoms with Crippen LogP contribution >= 0.6 is 11.6 Å². The number of hydrogen-bond donors (Lipinski definition) is 1. The molecular formula is C25H25ClN4O4S. The normalized spacial score (nSPS) is 11.5. The van der Waals surface area contributed by atoms with Crippen LogP contribution in [0.15, 0.2) is 59.5 Å². The van der Waals surface area contributed by atoms with Gasteiger partial charge in [-0.25, -0.2) is 23.1 Å². The molecule has 0 unspecified atom stereocenters. The highest BCUT2D eigenvalue weighted by Crippen LogP contribution is 2.25.